The minimum absolute atomic E-state index is 0.0799. The average Bonchev–Trinajstić information content (AvgIpc) is 2.98. The summed E-state index contributed by atoms with van der Waals surface area (Å²) in [7, 11) is 1.84. The van der Waals surface area contributed by atoms with Gasteiger partial charge < -0.3 is 13.8 Å². The minimum atomic E-state index is -0.444. The van der Waals surface area contributed by atoms with E-state index in [4.69, 9.17) is 9.26 Å². The molecule has 18 heavy (non-hydrogen) atoms. The molecule has 2 aromatic rings. The average molecular weight is 248 g/mol. The van der Waals surface area contributed by atoms with E-state index in [1.807, 2.05) is 7.05 Å². The molecule has 3 rings (SSSR count). The zero-order valence-electron chi connectivity index (χ0n) is 9.87. The van der Waals surface area contributed by atoms with E-state index < -0.39 is 5.92 Å². The lowest BCUT2D eigenvalue weighted by molar-refractivity contribution is -0.127. The number of imidazole rings is 1. The van der Waals surface area contributed by atoms with E-state index in [1.165, 1.54) is 0 Å². The van der Waals surface area contributed by atoms with Crippen LogP contribution in [0.3, 0.4) is 0 Å². The minimum Gasteiger partial charge on any atom is -0.380 e. The first-order valence-corrected chi connectivity index (χ1v) is 5.67. The summed E-state index contributed by atoms with van der Waals surface area (Å²) in [6.45, 7) is 0.775. The molecule has 7 heteroatoms. The molecule has 0 aliphatic carbocycles. The summed E-state index contributed by atoms with van der Waals surface area (Å²) in [6.07, 6.45) is 3.84. The summed E-state index contributed by atoms with van der Waals surface area (Å²) in [4.78, 5) is 20.1. The van der Waals surface area contributed by atoms with Crippen molar-refractivity contribution in [2.45, 2.75) is 12.3 Å². The summed E-state index contributed by atoms with van der Waals surface area (Å²) < 4.78 is 12.2. The van der Waals surface area contributed by atoms with Crippen molar-refractivity contribution < 1.29 is 14.1 Å². The van der Waals surface area contributed by atoms with Gasteiger partial charge in [0.15, 0.2) is 5.82 Å². The lowest BCUT2D eigenvalue weighted by Gasteiger charge is -2.16. The molecule has 94 valence electrons. The van der Waals surface area contributed by atoms with Crippen LogP contribution in [0.2, 0.25) is 0 Å². The van der Waals surface area contributed by atoms with Crippen molar-refractivity contribution in [1.82, 2.24) is 19.7 Å². The molecule has 3 heterocycles. The Hall–Kier alpha value is -2.02. The Labute approximate surface area is 103 Å². The van der Waals surface area contributed by atoms with Crippen LogP contribution in [0.15, 0.2) is 16.9 Å². The van der Waals surface area contributed by atoms with Crippen molar-refractivity contribution in [2.24, 2.45) is 7.05 Å². The van der Waals surface area contributed by atoms with Crippen LogP contribution in [0, 0.1) is 0 Å². The Morgan fingerprint density at radius 3 is 3.11 bits per heavy atom. The zero-order chi connectivity index (χ0) is 12.5. The van der Waals surface area contributed by atoms with Gasteiger partial charge in [0.1, 0.15) is 11.7 Å². The molecule has 1 unspecified atom stereocenters. The topological polar surface area (TPSA) is 83.0 Å². The highest BCUT2D eigenvalue weighted by Crippen LogP contribution is 2.23. The molecule has 0 aromatic carbocycles. The van der Waals surface area contributed by atoms with E-state index in [1.54, 1.807) is 17.0 Å². The molecular weight excluding hydrogens is 236 g/mol. The third-order valence-electron chi connectivity index (χ3n) is 2.93. The van der Waals surface area contributed by atoms with Gasteiger partial charge in [-0.2, -0.15) is 4.98 Å². The first-order valence-electron chi connectivity index (χ1n) is 5.67. The Morgan fingerprint density at radius 2 is 2.39 bits per heavy atom. The first-order chi connectivity index (χ1) is 8.75. The van der Waals surface area contributed by atoms with Crippen molar-refractivity contribution in [2.75, 3.05) is 13.2 Å². The molecule has 1 aliphatic rings. The highest BCUT2D eigenvalue weighted by Gasteiger charge is 2.30. The van der Waals surface area contributed by atoms with E-state index in [0.717, 1.165) is 0 Å². The van der Waals surface area contributed by atoms with E-state index in [0.29, 0.717) is 37.2 Å². The van der Waals surface area contributed by atoms with Gasteiger partial charge in [0.2, 0.25) is 11.7 Å². The summed E-state index contributed by atoms with van der Waals surface area (Å²) in [5, 5.41) is 3.85. The van der Waals surface area contributed by atoms with Crippen molar-refractivity contribution in [1.29, 1.82) is 0 Å². The van der Waals surface area contributed by atoms with Crippen LogP contribution in [0.25, 0.3) is 11.6 Å². The van der Waals surface area contributed by atoms with Gasteiger partial charge >= 0.3 is 0 Å². The normalized spacial score (nSPS) is 20.3. The second kappa shape index (κ2) is 4.34. The van der Waals surface area contributed by atoms with Crippen molar-refractivity contribution >= 4 is 5.78 Å². The molecular formula is C11H12N4O3. The van der Waals surface area contributed by atoms with E-state index in [-0.39, 0.29) is 5.78 Å². The predicted molar refractivity (Wildman–Crippen MR) is 59.7 cm³/mol. The van der Waals surface area contributed by atoms with Crippen molar-refractivity contribution in [3.05, 3.63) is 18.3 Å². The SMILES string of the molecule is Cn1ccnc1-c1noc(C2COCCC2=O)n1. The fourth-order valence-electron chi connectivity index (χ4n) is 1.90. The highest BCUT2D eigenvalue weighted by molar-refractivity contribution is 5.85. The number of ketones is 1. The van der Waals surface area contributed by atoms with Crippen LogP contribution in [0.1, 0.15) is 18.2 Å². The second-order valence-corrected chi connectivity index (χ2v) is 4.16. The molecule has 1 fully saturated rings. The lowest BCUT2D eigenvalue weighted by atomic mass is 10.0. The van der Waals surface area contributed by atoms with Crippen LogP contribution in [0.4, 0.5) is 0 Å². The fourth-order valence-corrected chi connectivity index (χ4v) is 1.90. The molecule has 0 amide bonds. The number of ether oxygens (including phenoxy) is 1. The standard InChI is InChI=1S/C11H12N4O3/c1-15-4-3-12-10(15)9-13-11(18-14-9)7-6-17-5-2-8(7)16/h3-4,7H,2,5-6H2,1H3. The van der Waals surface area contributed by atoms with Gasteiger partial charge in [-0.15, -0.1) is 0 Å². The number of Topliss-reactive ketones (excluding diaryl/α,β-unsaturated/α-hetero) is 1. The number of nitrogens with zero attached hydrogens (tertiary/aromatic N) is 4. The van der Waals surface area contributed by atoms with Crippen LogP contribution in [-0.2, 0) is 16.6 Å². The highest BCUT2D eigenvalue weighted by atomic mass is 16.5. The molecule has 0 bridgehead atoms. The monoisotopic (exact) mass is 248 g/mol. The molecule has 0 radical (unpaired) electrons. The molecule has 0 N–H and O–H groups in total. The number of hydrogen-bond acceptors (Lipinski definition) is 6. The van der Waals surface area contributed by atoms with Gasteiger partial charge in [0.25, 0.3) is 0 Å². The van der Waals surface area contributed by atoms with Crippen LogP contribution >= 0.6 is 0 Å². The van der Waals surface area contributed by atoms with Crippen LogP contribution in [-0.4, -0.2) is 38.7 Å². The largest absolute Gasteiger partial charge is 0.380 e. The van der Waals surface area contributed by atoms with Gasteiger partial charge in [-0.1, -0.05) is 5.16 Å². The van der Waals surface area contributed by atoms with Gasteiger partial charge in [0, 0.05) is 25.9 Å². The Bertz CT molecular complexity index is 574. The number of aryl methyl sites for hydroxylation is 1. The lowest BCUT2D eigenvalue weighted by Crippen LogP contribution is -2.25. The third-order valence-corrected chi connectivity index (χ3v) is 2.93. The Balaban J connectivity index is 1.89. The van der Waals surface area contributed by atoms with Crippen molar-refractivity contribution in [3.8, 4) is 11.6 Å². The maximum Gasteiger partial charge on any atom is 0.240 e. The van der Waals surface area contributed by atoms with Crippen molar-refractivity contribution in [3.63, 3.8) is 0 Å². The molecule has 1 saturated heterocycles. The summed E-state index contributed by atoms with van der Waals surface area (Å²) >= 11 is 0. The zero-order valence-corrected chi connectivity index (χ0v) is 9.87. The van der Waals surface area contributed by atoms with Gasteiger partial charge in [-0.25, -0.2) is 4.98 Å². The first kappa shape index (κ1) is 11.1. The fraction of sp³-hybridized carbons (Fsp3) is 0.455. The van der Waals surface area contributed by atoms with Crippen LogP contribution < -0.4 is 0 Å². The number of rotatable bonds is 2. The van der Waals surface area contributed by atoms with E-state index in [9.17, 15) is 4.79 Å². The van der Waals surface area contributed by atoms with E-state index in [2.05, 4.69) is 15.1 Å². The molecule has 0 saturated carbocycles. The smallest absolute Gasteiger partial charge is 0.240 e. The molecule has 2 aromatic heterocycles. The number of aromatic nitrogens is 4. The maximum absolute atomic E-state index is 11.7. The summed E-state index contributed by atoms with van der Waals surface area (Å²) in [5.41, 5.74) is 0. The molecule has 1 aliphatic heterocycles. The van der Waals surface area contributed by atoms with Gasteiger partial charge in [-0.3, -0.25) is 4.79 Å². The van der Waals surface area contributed by atoms with E-state index >= 15 is 0 Å². The second-order valence-electron chi connectivity index (χ2n) is 4.16. The quantitative estimate of drug-likeness (QED) is 0.771. The number of carbonyl (C=O) groups is 1. The Morgan fingerprint density at radius 1 is 1.50 bits per heavy atom. The van der Waals surface area contributed by atoms with Gasteiger partial charge in [-0.05, 0) is 0 Å². The predicted octanol–water partition coefficient (Wildman–Crippen LogP) is 0.543. The number of hydrogen-bond donors (Lipinski definition) is 0. The Kier molecular flexibility index (Phi) is 2.67. The maximum atomic E-state index is 11.7. The third kappa shape index (κ3) is 1.82. The van der Waals surface area contributed by atoms with Crippen LogP contribution in [0.5, 0.6) is 0 Å². The molecule has 1 atom stereocenters. The molecule has 0 spiro atoms. The van der Waals surface area contributed by atoms with Gasteiger partial charge in [0.05, 0.1) is 13.2 Å². The number of carbonyl (C=O) groups excluding carboxylic acids is 1. The summed E-state index contributed by atoms with van der Waals surface area (Å²) in [5.74, 6) is 0.930. The molecule has 7 nitrogen and oxygen atoms in total. The summed E-state index contributed by atoms with van der Waals surface area (Å²) in [6, 6.07) is 0.